The fourth-order valence-corrected chi connectivity index (χ4v) is 8.59. The van der Waals surface area contributed by atoms with Crippen molar-refractivity contribution in [2.24, 2.45) is 0 Å². The van der Waals surface area contributed by atoms with Crippen molar-refractivity contribution in [1.29, 1.82) is 0 Å². The molecule has 0 radical (unpaired) electrons. The zero-order valence-electron chi connectivity index (χ0n) is 23.1. The molecule has 210 valence electrons. The van der Waals surface area contributed by atoms with Gasteiger partial charge in [-0.3, -0.25) is 0 Å². The van der Waals surface area contributed by atoms with E-state index in [9.17, 15) is 9.90 Å². The third kappa shape index (κ3) is 3.88. The predicted molar refractivity (Wildman–Crippen MR) is 163 cm³/mol. The van der Waals surface area contributed by atoms with E-state index in [1.54, 1.807) is 12.1 Å². The van der Waals surface area contributed by atoms with Crippen molar-refractivity contribution in [3.05, 3.63) is 83.8 Å². The quantitative estimate of drug-likeness (QED) is 0.296. The second-order valence-corrected chi connectivity index (χ2v) is 13.0. The van der Waals surface area contributed by atoms with Crippen molar-refractivity contribution >= 4 is 40.4 Å². The molecule has 1 N–H and O–H groups in total. The molecule has 0 bridgehead atoms. The van der Waals surface area contributed by atoms with E-state index < -0.39 is 5.97 Å². The van der Waals surface area contributed by atoms with Crippen LogP contribution in [0.15, 0.2) is 24.3 Å². The van der Waals surface area contributed by atoms with Crippen LogP contribution in [0.5, 0.6) is 11.5 Å². The normalized spacial score (nSPS) is 18.8. The average Bonchev–Trinajstić information content (AvgIpc) is 3.31. The van der Waals surface area contributed by atoms with E-state index in [2.05, 4.69) is 21.6 Å². The number of hydrogen-bond donors (Lipinski definition) is 1. The van der Waals surface area contributed by atoms with Gasteiger partial charge in [-0.1, -0.05) is 23.2 Å². The van der Waals surface area contributed by atoms with E-state index in [4.69, 9.17) is 27.9 Å². The molecule has 8 rings (SSSR count). The van der Waals surface area contributed by atoms with Gasteiger partial charge in [-0.25, -0.2) is 9.37 Å². The maximum Gasteiger partial charge on any atom is 0.337 e. The molecule has 5 aliphatic rings. The first-order valence-corrected chi connectivity index (χ1v) is 15.9. The molecule has 3 aromatic rings. The summed E-state index contributed by atoms with van der Waals surface area (Å²) in [5, 5.41) is 13.3. The van der Waals surface area contributed by atoms with Crippen molar-refractivity contribution in [1.82, 2.24) is 4.58 Å². The minimum atomic E-state index is -1.07. The molecule has 5 heterocycles. The molecule has 0 atom stereocenters. The fourth-order valence-electron chi connectivity index (χ4n) is 8.10. The first kappa shape index (κ1) is 25.7. The van der Waals surface area contributed by atoms with Crippen LogP contribution in [-0.4, -0.2) is 37.3 Å². The first-order chi connectivity index (χ1) is 20.0. The van der Waals surface area contributed by atoms with Crippen molar-refractivity contribution in [2.75, 3.05) is 31.1 Å². The smallest absolute Gasteiger partial charge is 0.337 e. The standard InChI is InChI=1S/C34H32Cl2N2O3/c35-25-11-12-26(36)29(34(39)40)28(25)27-23-17-19-7-1-3-13-37-15-5-9-21(30(19)37)32(23)41-33-22-10-6-16-38-14-4-2-8-20(31(22)38)18-24(27)33/h11-12,17-18H,1-10,13-16H2/p+1. The zero-order valence-corrected chi connectivity index (χ0v) is 24.6. The number of rotatable bonds is 2. The molecule has 5 nitrogen and oxygen atoms in total. The number of carboxylic acids is 1. The molecule has 0 amide bonds. The highest BCUT2D eigenvalue weighted by Gasteiger charge is 2.36. The van der Waals surface area contributed by atoms with E-state index in [0.29, 0.717) is 10.6 Å². The number of nitrogens with zero attached hydrogens (tertiary/aromatic N) is 2. The van der Waals surface area contributed by atoms with Crippen LogP contribution in [0.3, 0.4) is 0 Å². The monoisotopic (exact) mass is 587 g/mol. The van der Waals surface area contributed by atoms with Crippen LogP contribution in [0.1, 0.15) is 82.3 Å². The molecule has 0 unspecified atom stereocenters. The summed E-state index contributed by atoms with van der Waals surface area (Å²) < 4.78 is 9.68. The summed E-state index contributed by atoms with van der Waals surface area (Å²) >= 11 is 13.6. The average molecular weight is 589 g/mol. The van der Waals surface area contributed by atoms with Crippen LogP contribution in [0, 0.1) is 0 Å². The number of fused-ring (bicyclic) bond motifs is 4. The second-order valence-electron chi connectivity index (χ2n) is 12.1. The van der Waals surface area contributed by atoms with E-state index in [1.807, 2.05) is 0 Å². The van der Waals surface area contributed by atoms with Crippen LogP contribution in [0.4, 0.5) is 5.69 Å². The molecule has 3 aromatic carbocycles. The molecule has 41 heavy (non-hydrogen) atoms. The van der Waals surface area contributed by atoms with Gasteiger partial charge in [0.1, 0.15) is 24.6 Å². The number of carbonyl (C=O) groups is 1. The highest BCUT2D eigenvalue weighted by atomic mass is 35.5. The molecule has 0 saturated carbocycles. The number of benzene rings is 3. The lowest BCUT2D eigenvalue weighted by Gasteiger charge is -2.35. The summed E-state index contributed by atoms with van der Waals surface area (Å²) in [5.41, 5.74) is 8.90. The highest BCUT2D eigenvalue weighted by molar-refractivity contribution is 6.37. The molecule has 0 aliphatic carbocycles. The maximum absolute atomic E-state index is 12.8. The summed E-state index contributed by atoms with van der Waals surface area (Å²) in [7, 11) is 0. The molecule has 7 heteroatoms. The minimum absolute atomic E-state index is 0.0587. The summed E-state index contributed by atoms with van der Waals surface area (Å²) in [5.74, 6) is 0.693. The Morgan fingerprint density at radius 3 is 2.46 bits per heavy atom. The Labute approximate surface area is 249 Å². The van der Waals surface area contributed by atoms with Crippen LogP contribution in [0.25, 0.3) is 5.57 Å². The van der Waals surface area contributed by atoms with Gasteiger partial charge in [0.2, 0.25) is 5.36 Å². The topological polar surface area (TPSA) is 52.8 Å². The van der Waals surface area contributed by atoms with Gasteiger partial charge in [-0.2, -0.15) is 0 Å². The van der Waals surface area contributed by atoms with Crippen molar-refractivity contribution in [3.63, 3.8) is 0 Å². The summed E-state index contributed by atoms with van der Waals surface area (Å²) in [6.07, 6.45) is 10.7. The third-order valence-corrected chi connectivity index (χ3v) is 10.4. The van der Waals surface area contributed by atoms with Gasteiger partial charge in [-0.05, 0) is 81.2 Å². The Hall–Kier alpha value is -3.02. The SMILES string of the molecule is O=C(O)c1c(Cl)ccc(Cl)c1C1=c2cc3c4c(c2Oc2c1cc1c5c2CCCN5CCCC1)CCC[N+]=4CCCC3. The predicted octanol–water partition coefficient (Wildman–Crippen LogP) is 5.91. The minimum Gasteiger partial charge on any atom is -0.478 e. The number of anilines is 1. The first-order valence-electron chi connectivity index (χ1n) is 15.2. The summed E-state index contributed by atoms with van der Waals surface area (Å²) in [6, 6.07) is 7.89. The molecular formula is C34H33Cl2N2O3+. The maximum atomic E-state index is 12.8. The van der Waals surface area contributed by atoms with Gasteiger partial charge in [0, 0.05) is 69.7 Å². The van der Waals surface area contributed by atoms with Crippen LogP contribution >= 0.6 is 23.2 Å². The van der Waals surface area contributed by atoms with E-state index in [1.165, 1.54) is 46.1 Å². The molecule has 0 fully saturated rings. The number of carboxylic acid groups (broad SMARTS) is 1. The van der Waals surface area contributed by atoms with Gasteiger partial charge in [0.05, 0.1) is 16.1 Å². The number of aryl methyl sites for hydroxylation is 2. The Balaban J connectivity index is 1.56. The van der Waals surface area contributed by atoms with E-state index in [-0.39, 0.29) is 10.6 Å². The van der Waals surface area contributed by atoms with Gasteiger partial charge in [0.25, 0.3) is 0 Å². The van der Waals surface area contributed by atoms with Gasteiger partial charge < -0.3 is 14.7 Å². The Morgan fingerprint density at radius 2 is 1.59 bits per heavy atom. The third-order valence-electron chi connectivity index (χ3n) is 9.76. The lowest BCUT2D eigenvalue weighted by atomic mass is 9.83. The molecule has 0 saturated heterocycles. The number of hydrogen-bond acceptors (Lipinski definition) is 3. The van der Waals surface area contributed by atoms with Crippen molar-refractivity contribution in [2.45, 2.75) is 64.2 Å². The fraction of sp³-hybridized carbons (Fsp3) is 0.412. The van der Waals surface area contributed by atoms with Gasteiger partial charge in [0.15, 0.2) is 0 Å². The number of halogens is 2. The summed E-state index contributed by atoms with van der Waals surface area (Å²) in [4.78, 5) is 15.3. The van der Waals surface area contributed by atoms with Crippen molar-refractivity contribution < 1.29 is 14.6 Å². The second kappa shape index (κ2) is 9.78. The van der Waals surface area contributed by atoms with Crippen LogP contribution in [0.2, 0.25) is 10.0 Å². The molecule has 0 aromatic heterocycles. The van der Waals surface area contributed by atoms with Gasteiger partial charge >= 0.3 is 5.97 Å². The van der Waals surface area contributed by atoms with E-state index >= 15 is 0 Å². The lowest BCUT2D eigenvalue weighted by molar-refractivity contribution is 0.0696. The Morgan fingerprint density at radius 1 is 0.829 bits per heavy atom. The summed E-state index contributed by atoms with van der Waals surface area (Å²) in [6.45, 7) is 4.29. The number of aromatic carboxylic acids is 1. The highest BCUT2D eigenvalue weighted by Crippen LogP contribution is 2.49. The van der Waals surface area contributed by atoms with Crippen LogP contribution < -0.4 is 24.8 Å². The molecule has 5 aliphatic heterocycles. The number of ether oxygens (including phenoxy) is 1. The molecular weight excluding hydrogens is 555 g/mol. The zero-order chi connectivity index (χ0) is 27.8. The lowest BCUT2D eigenvalue weighted by Crippen LogP contribution is -2.41. The van der Waals surface area contributed by atoms with E-state index in [0.717, 1.165) is 105 Å². The molecule has 0 spiro atoms. The van der Waals surface area contributed by atoms with Gasteiger partial charge in [-0.15, -0.1) is 0 Å². The van der Waals surface area contributed by atoms with Crippen molar-refractivity contribution in [3.8, 4) is 11.5 Å². The van der Waals surface area contributed by atoms with Crippen LogP contribution in [-0.2, 0) is 25.7 Å². The Kier molecular flexibility index (Phi) is 6.12. The largest absolute Gasteiger partial charge is 0.478 e. The Bertz CT molecular complexity index is 1800.